The molecule has 0 aliphatic heterocycles. The molecular formula is C15H25NO2. The van der Waals surface area contributed by atoms with Crippen molar-refractivity contribution < 1.29 is 9.47 Å². The topological polar surface area (TPSA) is 44.5 Å². The van der Waals surface area contributed by atoms with E-state index < -0.39 is 0 Å². The lowest BCUT2D eigenvalue weighted by Gasteiger charge is -2.15. The maximum absolute atomic E-state index is 6.04. The highest BCUT2D eigenvalue weighted by molar-refractivity contribution is 5.37. The molecule has 2 N–H and O–H groups in total. The Labute approximate surface area is 110 Å². The molecule has 0 bridgehead atoms. The van der Waals surface area contributed by atoms with Gasteiger partial charge >= 0.3 is 0 Å². The van der Waals surface area contributed by atoms with Crippen molar-refractivity contribution in [1.82, 2.24) is 0 Å². The predicted octanol–water partition coefficient (Wildman–Crippen LogP) is 2.90. The number of hydrogen-bond donors (Lipinski definition) is 1. The summed E-state index contributed by atoms with van der Waals surface area (Å²) in [6, 6.07) is 6.41. The molecule has 0 amide bonds. The Morgan fingerprint density at radius 2 is 2.06 bits per heavy atom. The van der Waals surface area contributed by atoms with Crippen molar-refractivity contribution >= 4 is 0 Å². The van der Waals surface area contributed by atoms with Crippen LogP contribution >= 0.6 is 0 Å². The predicted molar refractivity (Wildman–Crippen MR) is 74.9 cm³/mol. The first-order valence-corrected chi connectivity index (χ1v) is 6.70. The Bertz CT molecular complexity index is 352. The van der Waals surface area contributed by atoms with E-state index in [2.05, 4.69) is 26.0 Å². The molecule has 3 heteroatoms. The smallest absolute Gasteiger partial charge is 0.122 e. The van der Waals surface area contributed by atoms with Crippen LogP contribution in [0.4, 0.5) is 0 Å². The Balaban J connectivity index is 2.86. The summed E-state index contributed by atoms with van der Waals surface area (Å²) in [6.07, 6.45) is 2.84. The molecule has 0 aliphatic carbocycles. The summed E-state index contributed by atoms with van der Waals surface area (Å²) in [5.41, 5.74) is 8.39. The summed E-state index contributed by atoms with van der Waals surface area (Å²) in [6.45, 7) is 5.59. The monoisotopic (exact) mass is 251 g/mol. The fraction of sp³-hybridized carbons (Fsp3) is 0.600. The molecule has 1 unspecified atom stereocenters. The van der Waals surface area contributed by atoms with E-state index in [1.54, 1.807) is 7.11 Å². The Kier molecular flexibility index (Phi) is 6.76. The molecule has 0 spiro atoms. The van der Waals surface area contributed by atoms with Crippen molar-refractivity contribution in [3.05, 3.63) is 29.3 Å². The Morgan fingerprint density at radius 1 is 1.28 bits per heavy atom. The molecule has 0 radical (unpaired) electrons. The minimum atomic E-state index is 0.187. The minimum absolute atomic E-state index is 0.187. The van der Waals surface area contributed by atoms with Crippen LogP contribution in [0.1, 0.15) is 37.8 Å². The standard InChI is InChI=1S/C15H25NO2/c1-4-8-18-15-7-6-12(11-17-3)9-13(15)10-14(16)5-2/h6-7,9,14H,4-5,8,10-11,16H2,1-3H3. The quantitative estimate of drug-likeness (QED) is 0.772. The number of hydrogen-bond acceptors (Lipinski definition) is 3. The molecule has 0 saturated carbocycles. The average molecular weight is 251 g/mol. The van der Waals surface area contributed by atoms with Gasteiger partial charge in [0, 0.05) is 13.2 Å². The molecule has 0 heterocycles. The third-order valence-electron chi connectivity index (χ3n) is 2.90. The maximum Gasteiger partial charge on any atom is 0.122 e. The molecule has 0 aromatic heterocycles. The highest BCUT2D eigenvalue weighted by Crippen LogP contribution is 2.22. The number of methoxy groups -OCH3 is 1. The second-order valence-corrected chi connectivity index (χ2v) is 4.60. The van der Waals surface area contributed by atoms with Crippen LogP contribution in [0, 0.1) is 0 Å². The molecule has 1 atom stereocenters. The third-order valence-corrected chi connectivity index (χ3v) is 2.90. The summed E-state index contributed by atoms with van der Waals surface area (Å²) in [7, 11) is 1.71. The highest BCUT2D eigenvalue weighted by atomic mass is 16.5. The zero-order valence-electron chi connectivity index (χ0n) is 11.7. The first-order chi connectivity index (χ1) is 8.71. The van der Waals surface area contributed by atoms with Crippen molar-refractivity contribution in [1.29, 1.82) is 0 Å². The molecular weight excluding hydrogens is 226 g/mol. The van der Waals surface area contributed by atoms with Gasteiger partial charge in [0.25, 0.3) is 0 Å². The Morgan fingerprint density at radius 3 is 2.67 bits per heavy atom. The average Bonchev–Trinajstić information content (AvgIpc) is 2.38. The second kappa shape index (κ2) is 8.11. The van der Waals surface area contributed by atoms with Crippen molar-refractivity contribution in [2.75, 3.05) is 13.7 Å². The van der Waals surface area contributed by atoms with Gasteiger partial charge in [0.2, 0.25) is 0 Å². The third kappa shape index (κ3) is 4.67. The van der Waals surface area contributed by atoms with Gasteiger partial charge in [0.1, 0.15) is 5.75 Å². The van der Waals surface area contributed by atoms with E-state index in [1.165, 1.54) is 11.1 Å². The maximum atomic E-state index is 6.04. The van der Waals surface area contributed by atoms with Crippen molar-refractivity contribution in [2.45, 2.75) is 45.8 Å². The molecule has 1 aromatic carbocycles. The van der Waals surface area contributed by atoms with Gasteiger partial charge in [-0.1, -0.05) is 19.9 Å². The van der Waals surface area contributed by atoms with E-state index in [-0.39, 0.29) is 6.04 Å². The summed E-state index contributed by atoms with van der Waals surface area (Å²) >= 11 is 0. The van der Waals surface area contributed by atoms with Gasteiger partial charge in [-0.3, -0.25) is 0 Å². The van der Waals surface area contributed by atoms with Gasteiger partial charge in [-0.15, -0.1) is 0 Å². The molecule has 0 aliphatic rings. The molecule has 0 saturated heterocycles. The van der Waals surface area contributed by atoms with E-state index in [9.17, 15) is 0 Å². The first-order valence-electron chi connectivity index (χ1n) is 6.70. The molecule has 3 nitrogen and oxygen atoms in total. The lowest BCUT2D eigenvalue weighted by atomic mass is 10.0. The number of benzene rings is 1. The fourth-order valence-electron chi connectivity index (χ4n) is 1.83. The van der Waals surface area contributed by atoms with Crippen LogP contribution in [0.5, 0.6) is 5.75 Å². The Hall–Kier alpha value is -1.06. The number of nitrogens with two attached hydrogens (primary N) is 1. The highest BCUT2D eigenvalue weighted by Gasteiger charge is 2.09. The van der Waals surface area contributed by atoms with Crippen LogP contribution in [-0.2, 0) is 17.8 Å². The molecule has 1 rings (SSSR count). The lowest BCUT2D eigenvalue weighted by Crippen LogP contribution is -2.22. The van der Waals surface area contributed by atoms with Crippen molar-refractivity contribution in [2.24, 2.45) is 5.73 Å². The van der Waals surface area contributed by atoms with E-state index in [0.29, 0.717) is 6.61 Å². The van der Waals surface area contributed by atoms with E-state index in [0.717, 1.165) is 31.6 Å². The largest absolute Gasteiger partial charge is 0.493 e. The van der Waals surface area contributed by atoms with E-state index >= 15 is 0 Å². The van der Waals surface area contributed by atoms with Gasteiger partial charge in [-0.2, -0.15) is 0 Å². The van der Waals surface area contributed by atoms with E-state index in [4.69, 9.17) is 15.2 Å². The van der Waals surface area contributed by atoms with Gasteiger partial charge in [-0.25, -0.2) is 0 Å². The summed E-state index contributed by atoms with van der Waals surface area (Å²) in [5.74, 6) is 0.959. The van der Waals surface area contributed by atoms with Crippen molar-refractivity contribution in [3.8, 4) is 5.75 Å². The summed E-state index contributed by atoms with van der Waals surface area (Å²) < 4.78 is 10.9. The van der Waals surface area contributed by atoms with Crippen LogP contribution in [0.3, 0.4) is 0 Å². The first kappa shape index (κ1) is 15.0. The normalized spacial score (nSPS) is 12.4. The van der Waals surface area contributed by atoms with Crippen molar-refractivity contribution in [3.63, 3.8) is 0 Å². The van der Waals surface area contributed by atoms with Crippen LogP contribution in [-0.4, -0.2) is 19.8 Å². The fourth-order valence-corrected chi connectivity index (χ4v) is 1.83. The van der Waals surface area contributed by atoms with E-state index in [1.807, 2.05) is 6.07 Å². The zero-order valence-corrected chi connectivity index (χ0v) is 11.7. The molecule has 18 heavy (non-hydrogen) atoms. The van der Waals surface area contributed by atoms with Crippen LogP contribution in [0.25, 0.3) is 0 Å². The molecule has 102 valence electrons. The van der Waals surface area contributed by atoms with Gasteiger partial charge in [0.15, 0.2) is 0 Å². The van der Waals surface area contributed by atoms with Gasteiger partial charge in [0.05, 0.1) is 13.2 Å². The summed E-state index contributed by atoms with van der Waals surface area (Å²) in [4.78, 5) is 0. The van der Waals surface area contributed by atoms with Gasteiger partial charge < -0.3 is 15.2 Å². The van der Waals surface area contributed by atoms with Crippen LogP contribution < -0.4 is 10.5 Å². The SMILES string of the molecule is CCCOc1ccc(COC)cc1CC(N)CC. The minimum Gasteiger partial charge on any atom is -0.493 e. The molecule has 0 fully saturated rings. The molecule has 1 aromatic rings. The van der Waals surface area contributed by atoms with Crippen LogP contribution in [0.2, 0.25) is 0 Å². The zero-order chi connectivity index (χ0) is 13.4. The number of rotatable bonds is 8. The van der Waals surface area contributed by atoms with Gasteiger partial charge in [-0.05, 0) is 42.5 Å². The lowest BCUT2D eigenvalue weighted by molar-refractivity contribution is 0.184. The van der Waals surface area contributed by atoms with Crippen LogP contribution in [0.15, 0.2) is 18.2 Å². The number of ether oxygens (including phenoxy) is 2. The second-order valence-electron chi connectivity index (χ2n) is 4.60. The summed E-state index contributed by atoms with van der Waals surface area (Å²) in [5, 5.41) is 0.